The highest BCUT2D eigenvalue weighted by atomic mass is 32.2. The Bertz CT molecular complexity index is 421. The van der Waals surface area contributed by atoms with E-state index in [1.54, 1.807) is 6.92 Å². The maximum absolute atomic E-state index is 13.0. The van der Waals surface area contributed by atoms with Crippen molar-refractivity contribution in [3.05, 3.63) is 0 Å². The van der Waals surface area contributed by atoms with Gasteiger partial charge >= 0.3 is 12.1 Å². The second-order valence-electron chi connectivity index (χ2n) is 5.75. The number of rotatable bonds is 10. The molecule has 3 nitrogen and oxygen atoms in total. The molecule has 0 radical (unpaired) electrons. The summed E-state index contributed by atoms with van der Waals surface area (Å²) in [4.78, 5) is 0. The van der Waals surface area contributed by atoms with Gasteiger partial charge in [-0.15, -0.1) is 0 Å². The van der Waals surface area contributed by atoms with E-state index < -0.39 is 27.9 Å². The van der Waals surface area contributed by atoms with Gasteiger partial charge in [0.05, 0.1) is 0 Å². The molecule has 0 aromatic heterocycles. The SMILES string of the molecule is CCCCN(CCCC(C)C)S(=O)(=O)CC(F)(F)C(F)(F)F. The van der Waals surface area contributed by atoms with E-state index in [-0.39, 0.29) is 13.1 Å². The van der Waals surface area contributed by atoms with E-state index in [0.717, 1.165) is 4.31 Å². The van der Waals surface area contributed by atoms with Crippen LogP contribution < -0.4 is 0 Å². The van der Waals surface area contributed by atoms with Gasteiger partial charge in [0.25, 0.3) is 0 Å². The third kappa shape index (κ3) is 7.21. The maximum Gasteiger partial charge on any atom is 0.454 e. The van der Waals surface area contributed by atoms with Gasteiger partial charge in [0.1, 0.15) is 5.75 Å². The second-order valence-corrected chi connectivity index (χ2v) is 7.72. The number of sulfonamides is 1. The summed E-state index contributed by atoms with van der Waals surface area (Å²) in [6.45, 7) is 5.55. The number of hydrogen-bond donors (Lipinski definition) is 0. The summed E-state index contributed by atoms with van der Waals surface area (Å²) in [5.74, 6) is -7.17. The first-order chi connectivity index (χ1) is 9.83. The minimum Gasteiger partial charge on any atom is -0.212 e. The number of alkyl halides is 5. The molecular formula is C13H24F5NO2S. The Hall–Kier alpha value is -0.440. The molecule has 0 aliphatic carbocycles. The van der Waals surface area contributed by atoms with Crippen molar-refractivity contribution in [3.8, 4) is 0 Å². The zero-order valence-electron chi connectivity index (χ0n) is 13.1. The van der Waals surface area contributed by atoms with Crippen LogP contribution in [0.5, 0.6) is 0 Å². The van der Waals surface area contributed by atoms with Gasteiger partial charge in [-0.25, -0.2) is 12.7 Å². The van der Waals surface area contributed by atoms with Crippen LogP contribution in [0.25, 0.3) is 0 Å². The van der Waals surface area contributed by atoms with E-state index in [0.29, 0.717) is 31.6 Å². The number of hydrogen-bond acceptors (Lipinski definition) is 2. The molecule has 0 rings (SSSR count). The Morgan fingerprint density at radius 3 is 1.91 bits per heavy atom. The quantitative estimate of drug-likeness (QED) is 0.556. The van der Waals surface area contributed by atoms with Crippen molar-refractivity contribution >= 4 is 10.0 Å². The summed E-state index contributed by atoms with van der Waals surface area (Å²) in [5.41, 5.74) is 0. The monoisotopic (exact) mass is 353 g/mol. The minimum atomic E-state index is -5.87. The Labute approximate surface area is 128 Å². The first kappa shape index (κ1) is 21.6. The lowest BCUT2D eigenvalue weighted by molar-refractivity contribution is -0.271. The van der Waals surface area contributed by atoms with Crippen LogP contribution in [0.1, 0.15) is 46.5 Å². The van der Waals surface area contributed by atoms with Gasteiger partial charge in [0, 0.05) is 13.1 Å². The van der Waals surface area contributed by atoms with E-state index in [4.69, 9.17) is 0 Å². The van der Waals surface area contributed by atoms with E-state index in [2.05, 4.69) is 0 Å². The zero-order valence-corrected chi connectivity index (χ0v) is 13.9. The van der Waals surface area contributed by atoms with Crippen LogP contribution >= 0.6 is 0 Å². The molecule has 0 aliphatic heterocycles. The fourth-order valence-corrected chi connectivity index (χ4v) is 3.42. The Balaban J connectivity index is 5.01. The highest BCUT2D eigenvalue weighted by Gasteiger charge is 2.60. The first-order valence-electron chi connectivity index (χ1n) is 7.26. The largest absolute Gasteiger partial charge is 0.454 e. The fraction of sp³-hybridized carbons (Fsp3) is 1.00. The molecule has 0 aromatic rings. The molecule has 0 unspecified atom stereocenters. The normalized spacial score (nSPS) is 14.1. The molecular weight excluding hydrogens is 329 g/mol. The van der Waals surface area contributed by atoms with Crippen molar-refractivity contribution in [2.24, 2.45) is 5.92 Å². The van der Waals surface area contributed by atoms with Crippen LogP contribution in [0.3, 0.4) is 0 Å². The summed E-state index contributed by atoms with van der Waals surface area (Å²) < 4.78 is 87.3. The van der Waals surface area contributed by atoms with Crippen LogP contribution in [-0.4, -0.2) is 43.7 Å². The van der Waals surface area contributed by atoms with Crippen LogP contribution in [0.2, 0.25) is 0 Å². The van der Waals surface area contributed by atoms with Gasteiger partial charge in [-0.3, -0.25) is 0 Å². The van der Waals surface area contributed by atoms with E-state index in [1.807, 2.05) is 13.8 Å². The lowest BCUT2D eigenvalue weighted by Gasteiger charge is -2.26. The molecule has 0 heterocycles. The van der Waals surface area contributed by atoms with Crippen molar-refractivity contribution in [3.63, 3.8) is 0 Å². The number of unbranched alkanes of at least 4 members (excludes halogenated alkanes) is 1. The molecule has 0 aromatic carbocycles. The third-order valence-electron chi connectivity index (χ3n) is 3.12. The molecule has 22 heavy (non-hydrogen) atoms. The summed E-state index contributed by atoms with van der Waals surface area (Å²) in [6.07, 6.45) is -3.73. The Kier molecular flexibility index (Phi) is 8.25. The van der Waals surface area contributed by atoms with Crippen molar-refractivity contribution < 1.29 is 30.4 Å². The zero-order chi connectivity index (χ0) is 17.6. The van der Waals surface area contributed by atoms with Gasteiger partial charge in [0.2, 0.25) is 10.0 Å². The van der Waals surface area contributed by atoms with Gasteiger partial charge in [0.15, 0.2) is 0 Å². The molecule has 0 N–H and O–H groups in total. The van der Waals surface area contributed by atoms with Crippen LogP contribution in [-0.2, 0) is 10.0 Å². The molecule has 0 bridgehead atoms. The summed E-state index contributed by atoms with van der Waals surface area (Å²) >= 11 is 0. The van der Waals surface area contributed by atoms with Crippen molar-refractivity contribution in [1.29, 1.82) is 0 Å². The number of nitrogens with zero attached hydrogens (tertiary/aromatic N) is 1. The second kappa shape index (κ2) is 8.42. The van der Waals surface area contributed by atoms with Gasteiger partial charge in [-0.05, 0) is 25.2 Å². The average Bonchev–Trinajstić information content (AvgIpc) is 2.29. The standard InChI is InChI=1S/C13H24F5NO2S/c1-4-5-8-19(9-6-7-11(2)3)22(20,21)10-12(14,15)13(16,17)18/h11H,4-10H2,1-3H3. The van der Waals surface area contributed by atoms with Crippen molar-refractivity contribution in [2.75, 3.05) is 18.8 Å². The van der Waals surface area contributed by atoms with Crippen molar-refractivity contribution in [1.82, 2.24) is 4.31 Å². The van der Waals surface area contributed by atoms with Gasteiger partial charge < -0.3 is 0 Å². The fourth-order valence-electron chi connectivity index (χ4n) is 1.80. The highest BCUT2D eigenvalue weighted by molar-refractivity contribution is 7.89. The molecule has 0 spiro atoms. The first-order valence-corrected chi connectivity index (χ1v) is 8.86. The molecule has 0 fully saturated rings. The van der Waals surface area contributed by atoms with Crippen LogP contribution in [0.15, 0.2) is 0 Å². The molecule has 0 saturated heterocycles. The molecule has 9 heteroatoms. The minimum absolute atomic E-state index is 0.0333. The van der Waals surface area contributed by atoms with E-state index in [1.165, 1.54) is 0 Å². The lowest BCUT2D eigenvalue weighted by Crippen LogP contribution is -2.47. The highest BCUT2D eigenvalue weighted by Crippen LogP contribution is 2.37. The summed E-state index contributed by atoms with van der Waals surface area (Å²) in [5, 5.41) is 0. The van der Waals surface area contributed by atoms with E-state index >= 15 is 0 Å². The topological polar surface area (TPSA) is 37.4 Å². The smallest absolute Gasteiger partial charge is 0.212 e. The number of halogens is 5. The third-order valence-corrected chi connectivity index (χ3v) is 5.00. The van der Waals surface area contributed by atoms with Gasteiger partial charge in [-0.1, -0.05) is 27.2 Å². The van der Waals surface area contributed by atoms with Crippen molar-refractivity contribution in [2.45, 2.75) is 58.6 Å². The lowest BCUT2D eigenvalue weighted by atomic mass is 10.1. The van der Waals surface area contributed by atoms with Crippen LogP contribution in [0, 0.1) is 5.92 Å². The molecule has 0 amide bonds. The van der Waals surface area contributed by atoms with Crippen LogP contribution in [0.4, 0.5) is 22.0 Å². The molecule has 0 atom stereocenters. The van der Waals surface area contributed by atoms with Gasteiger partial charge in [-0.2, -0.15) is 22.0 Å². The Morgan fingerprint density at radius 1 is 1.00 bits per heavy atom. The van der Waals surface area contributed by atoms with E-state index in [9.17, 15) is 30.4 Å². The average molecular weight is 353 g/mol. The molecule has 134 valence electrons. The maximum atomic E-state index is 13.0. The predicted octanol–water partition coefficient (Wildman–Crippen LogP) is 4.05. The predicted molar refractivity (Wildman–Crippen MR) is 75.3 cm³/mol. The summed E-state index contributed by atoms with van der Waals surface area (Å²) in [7, 11) is -4.67. The summed E-state index contributed by atoms with van der Waals surface area (Å²) in [6, 6.07) is 0. The molecule has 0 aliphatic rings. The Morgan fingerprint density at radius 2 is 1.50 bits per heavy atom. The molecule has 0 saturated carbocycles.